The maximum atomic E-state index is 13.5. The first-order chi connectivity index (χ1) is 12.0. The van der Waals surface area contributed by atoms with Crippen LogP contribution in [0.15, 0.2) is 42.5 Å². The lowest BCUT2D eigenvalue weighted by Gasteiger charge is -2.50. The number of ether oxygens (including phenoxy) is 2. The van der Waals surface area contributed by atoms with Crippen molar-refractivity contribution in [1.82, 2.24) is 10.2 Å². The van der Waals surface area contributed by atoms with Crippen molar-refractivity contribution in [3.8, 4) is 11.5 Å². The van der Waals surface area contributed by atoms with E-state index in [1.165, 1.54) is 12.1 Å². The molecule has 6 heteroatoms. The van der Waals surface area contributed by atoms with E-state index in [1.807, 2.05) is 25.1 Å². The predicted molar refractivity (Wildman–Crippen MR) is 89.9 cm³/mol. The SMILES string of the molecule is COc1cccc2c1OC1(C)CC2NC(=O)N1Cc1cccc(F)c1. The number of carbonyl (C=O) groups is 1. The summed E-state index contributed by atoms with van der Waals surface area (Å²) < 4.78 is 25.2. The molecule has 2 atom stereocenters. The number of halogens is 1. The number of hydrogen-bond acceptors (Lipinski definition) is 3. The molecule has 2 heterocycles. The summed E-state index contributed by atoms with van der Waals surface area (Å²) in [5.74, 6) is 0.956. The first-order valence-corrected chi connectivity index (χ1v) is 8.19. The fraction of sp³-hybridized carbons (Fsp3) is 0.316. The number of rotatable bonds is 3. The van der Waals surface area contributed by atoms with Gasteiger partial charge in [0, 0.05) is 12.0 Å². The minimum Gasteiger partial charge on any atom is -0.493 e. The van der Waals surface area contributed by atoms with Gasteiger partial charge in [0.05, 0.1) is 19.7 Å². The van der Waals surface area contributed by atoms with Crippen molar-refractivity contribution < 1.29 is 18.7 Å². The Morgan fingerprint density at radius 3 is 2.92 bits per heavy atom. The van der Waals surface area contributed by atoms with Crippen molar-refractivity contribution in [3.05, 3.63) is 59.4 Å². The van der Waals surface area contributed by atoms with E-state index in [-0.39, 0.29) is 24.4 Å². The number of urea groups is 1. The van der Waals surface area contributed by atoms with Crippen molar-refractivity contribution in [2.24, 2.45) is 0 Å². The molecule has 2 amide bonds. The minimum atomic E-state index is -0.832. The lowest BCUT2D eigenvalue weighted by Crippen LogP contribution is -2.64. The van der Waals surface area contributed by atoms with Gasteiger partial charge in [0.2, 0.25) is 0 Å². The molecule has 0 radical (unpaired) electrons. The Balaban J connectivity index is 1.71. The topological polar surface area (TPSA) is 50.8 Å². The van der Waals surface area contributed by atoms with E-state index in [4.69, 9.17) is 9.47 Å². The quantitative estimate of drug-likeness (QED) is 0.927. The summed E-state index contributed by atoms with van der Waals surface area (Å²) in [7, 11) is 1.59. The molecule has 5 nitrogen and oxygen atoms in total. The standard InChI is InChI=1S/C19H19FN2O3/c1-19-10-15(14-7-4-8-16(24-2)17(14)25-19)21-18(23)22(19)11-12-5-3-6-13(20)9-12/h3-9,15H,10-11H2,1-2H3,(H,21,23). The summed E-state index contributed by atoms with van der Waals surface area (Å²) in [4.78, 5) is 14.3. The highest BCUT2D eigenvalue weighted by molar-refractivity contribution is 5.77. The van der Waals surface area contributed by atoms with Crippen molar-refractivity contribution >= 4 is 6.03 Å². The summed E-state index contributed by atoms with van der Waals surface area (Å²) in [5.41, 5.74) is 0.792. The van der Waals surface area contributed by atoms with E-state index >= 15 is 0 Å². The molecular weight excluding hydrogens is 323 g/mol. The first kappa shape index (κ1) is 15.7. The normalized spacial score (nSPS) is 24.2. The smallest absolute Gasteiger partial charge is 0.321 e. The predicted octanol–water partition coefficient (Wildman–Crippen LogP) is 3.60. The van der Waals surface area contributed by atoms with Crippen molar-refractivity contribution in [2.45, 2.75) is 31.7 Å². The number of benzene rings is 2. The van der Waals surface area contributed by atoms with Gasteiger partial charge in [-0.25, -0.2) is 9.18 Å². The zero-order chi connectivity index (χ0) is 17.6. The van der Waals surface area contributed by atoms with Crippen LogP contribution in [0.5, 0.6) is 11.5 Å². The van der Waals surface area contributed by atoms with Crippen LogP contribution in [0.25, 0.3) is 0 Å². The molecule has 130 valence electrons. The van der Waals surface area contributed by atoms with Gasteiger partial charge in [0.1, 0.15) is 5.82 Å². The Morgan fingerprint density at radius 1 is 1.36 bits per heavy atom. The second kappa shape index (κ2) is 5.65. The van der Waals surface area contributed by atoms with Gasteiger partial charge in [0.15, 0.2) is 17.2 Å². The van der Waals surface area contributed by atoms with Crippen LogP contribution in [0.1, 0.15) is 30.5 Å². The highest BCUT2D eigenvalue weighted by Crippen LogP contribution is 2.48. The maximum Gasteiger partial charge on any atom is 0.321 e. The minimum absolute atomic E-state index is 0.139. The maximum absolute atomic E-state index is 13.5. The molecule has 1 saturated heterocycles. The Kier molecular flexibility index (Phi) is 3.56. The highest BCUT2D eigenvalue weighted by atomic mass is 19.1. The van der Waals surface area contributed by atoms with Crippen molar-refractivity contribution in [1.29, 1.82) is 0 Å². The zero-order valence-electron chi connectivity index (χ0n) is 14.1. The Bertz CT molecular complexity index is 841. The molecule has 2 aromatic rings. The number of para-hydroxylation sites is 1. The molecule has 0 spiro atoms. The Morgan fingerprint density at radius 2 is 2.16 bits per heavy atom. The van der Waals surface area contributed by atoms with Gasteiger partial charge in [-0.15, -0.1) is 0 Å². The molecule has 2 unspecified atom stereocenters. The van der Waals surface area contributed by atoms with Gasteiger partial charge >= 0.3 is 6.03 Å². The number of hydrogen-bond donors (Lipinski definition) is 1. The Hall–Kier alpha value is -2.76. The second-order valence-corrected chi connectivity index (χ2v) is 6.58. The van der Waals surface area contributed by atoms with E-state index in [2.05, 4.69) is 5.32 Å². The molecule has 1 fully saturated rings. The number of nitrogens with zero attached hydrogens (tertiary/aromatic N) is 1. The van der Waals surface area contributed by atoms with Crippen LogP contribution < -0.4 is 14.8 Å². The second-order valence-electron chi connectivity index (χ2n) is 6.58. The van der Waals surface area contributed by atoms with E-state index < -0.39 is 5.72 Å². The lowest BCUT2D eigenvalue weighted by atomic mass is 9.90. The van der Waals surface area contributed by atoms with Crippen molar-refractivity contribution in [3.63, 3.8) is 0 Å². The average Bonchev–Trinajstić information content (AvgIpc) is 2.58. The fourth-order valence-electron chi connectivity index (χ4n) is 3.62. The molecule has 2 aliphatic rings. The van der Waals surface area contributed by atoms with Gasteiger partial charge in [-0.05, 0) is 30.7 Å². The van der Waals surface area contributed by atoms with E-state index in [0.717, 1.165) is 5.56 Å². The number of fused-ring (bicyclic) bond motifs is 4. The molecular formula is C19H19FN2O3. The van der Waals surface area contributed by atoms with Gasteiger partial charge in [-0.1, -0.05) is 24.3 Å². The third-order valence-electron chi connectivity index (χ3n) is 4.85. The molecule has 0 aromatic heterocycles. The van der Waals surface area contributed by atoms with Crippen molar-refractivity contribution in [2.75, 3.05) is 7.11 Å². The first-order valence-electron chi connectivity index (χ1n) is 8.19. The summed E-state index contributed by atoms with van der Waals surface area (Å²) in [6.45, 7) is 2.14. The van der Waals surface area contributed by atoms with E-state index in [9.17, 15) is 9.18 Å². The van der Waals surface area contributed by atoms with Crippen LogP contribution in [-0.2, 0) is 6.54 Å². The summed E-state index contributed by atoms with van der Waals surface area (Å²) >= 11 is 0. The summed E-state index contributed by atoms with van der Waals surface area (Å²) in [6.07, 6.45) is 0.605. The van der Waals surface area contributed by atoms with Gasteiger partial charge in [0.25, 0.3) is 0 Å². The lowest BCUT2D eigenvalue weighted by molar-refractivity contribution is -0.0891. The number of nitrogens with one attached hydrogen (secondary N) is 1. The van der Waals surface area contributed by atoms with Crippen LogP contribution in [-0.4, -0.2) is 23.8 Å². The monoisotopic (exact) mass is 342 g/mol. The number of amides is 2. The fourth-order valence-corrected chi connectivity index (χ4v) is 3.62. The zero-order valence-corrected chi connectivity index (χ0v) is 14.1. The average molecular weight is 342 g/mol. The summed E-state index contributed by atoms with van der Waals surface area (Å²) in [6, 6.07) is 11.5. The Labute approximate surface area is 145 Å². The number of carbonyl (C=O) groups excluding carboxylic acids is 1. The van der Waals surface area contributed by atoms with Crippen LogP contribution in [0.2, 0.25) is 0 Å². The molecule has 25 heavy (non-hydrogen) atoms. The molecule has 1 N–H and O–H groups in total. The van der Waals surface area contributed by atoms with Gasteiger partial charge < -0.3 is 14.8 Å². The van der Waals surface area contributed by atoms with Crippen LogP contribution in [0.3, 0.4) is 0 Å². The third-order valence-corrected chi connectivity index (χ3v) is 4.85. The molecule has 2 bridgehead atoms. The summed E-state index contributed by atoms with van der Waals surface area (Å²) in [5, 5.41) is 3.02. The molecule has 2 aliphatic heterocycles. The van der Waals surface area contributed by atoms with Crippen LogP contribution >= 0.6 is 0 Å². The van der Waals surface area contributed by atoms with Crippen LogP contribution in [0, 0.1) is 5.82 Å². The van der Waals surface area contributed by atoms with Gasteiger partial charge in [-0.2, -0.15) is 0 Å². The molecule has 0 aliphatic carbocycles. The van der Waals surface area contributed by atoms with Crippen LogP contribution in [0.4, 0.5) is 9.18 Å². The molecule has 2 aromatic carbocycles. The van der Waals surface area contributed by atoms with E-state index in [1.54, 1.807) is 24.1 Å². The van der Waals surface area contributed by atoms with E-state index in [0.29, 0.717) is 23.5 Å². The largest absolute Gasteiger partial charge is 0.493 e. The number of methoxy groups -OCH3 is 1. The highest BCUT2D eigenvalue weighted by Gasteiger charge is 2.49. The molecule has 4 rings (SSSR count). The third kappa shape index (κ3) is 2.58. The van der Waals surface area contributed by atoms with Gasteiger partial charge in [-0.3, -0.25) is 4.90 Å². The molecule has 0 saturated carbocycles.